The van der Waals surface area contributed by atoms with E-state index >= 15 is 0 Å². The van der Waals surface area contributed by atoms with Crippen LogP contribution in [0.2, 0.25) is 0 Å². The van der Waals surface area contributed by atoms with Gasteiger partial charge in [0.25, 0.3) is 0 Å². The van der Waals surface area contributed by atoms with Gasteiger partial charge in [0, 0.05) is 18.9 Å². The SMILES string of the molecule is CCC(=O)[C@]1(C[C@@H]2CCNC2=O)CN=C([C@@H](N)CC(C)C)N1. The van der Waals surface area contributed by atoms with Gasteiger partial charge in [-0.15, -0.1) is 0 Å². The Labute approximate surface area is 132 Å². The van der Waals surface area contributed by atoms with E-state index in [2.05, 4.69) is 29.5 Å². The summed E-state index contributed by atoms with van der Waals surface area (Å²) >= 11 is 0. The number of amidine groups is 1. The quantitative estimate of drug-likeness (QED) is 0.642. The van der Waals surface area contributed by atoms with Crippen LogP contribution < -0.4 is 16.4 Å². The van der Waals surface area contributed by atoms with E-state index in [0.717, 1.165) is 12.8 Å². The Kier molecular flexibility index (Phi) is 5.21. The fourth-order valence-corrected chi connectivity index (χ4v) is 3.36. The van der Waals surface area contributed by atoms with Crippen molar-refractivity contribution >= 4 is 17.5 Å². The molecule has 124 valence electrons. The summed E-state index contributed by atoms with van der Waals surface area (Å²) in [6.07, 6.45) is 2.55. The van der Waals surface area contributed by atoms with Crippen LogP contribution in [0.15, 0.2) is 4.99 Å². The first-order chi connectivity index (χ1) is 10.4. The maximum Gasteiger partial charge on any atom is 0.223 e. The van der Waals surface area contributed by atoms with Crippen molar-refractivity contribution < 1.29 is 9.59 Å². The van der Waals surface area contributed by atoms with Crippen molar-refractivity contribution in [3.8, 4) is 0 Å². The van der Waals surface area contributed by atoms with Gasteiger partial charge in [-0.2, -0.15) is 0 Å². The van der Waals surface area contributed by atoms with Crippen molar-refractivity contribution in [1.29, 1.82) is 0 Å². The van der Waals surface area contributed by atoms with Gasteiger partial charge in [-0.25, -0.2) is 0 Å². The van der Waals surface area contributed by atoms with Crippen LogP contribution in [-0.2, 0) is 9.59 Å². The normalized spacial score (nSPS) is 29.2. The van der Waals surface area contributed by atoms with Crippen LogP contribution in [-0.4, -0.2) is 42.2 Å². The molecule has 6 heteroatoms. The second-order valence-electron chi connectivity index (χ2n) is 6.90. The maximum atomic E-state index is 12.5. The van der Waals surface area contributed by atoms with Gasteiger partial charge in [-0.05, 0) is 25.2 Å². The number of Topliss-reactive ketones (excluding diaryl/α,β-unsaturated/α-hetero) is 1. The molecule has 2 rings (SSSR count). The minimum absolute atomic E-state index is 0.0463. The summed E-state index contributed by atoms with van der Waals surface area (Å²) < 4.78 is 0. The largest absolute Gasteiger partial charge is 0.358 e. The number of nitrogens with two attached hydrogens (primary N) is 1. The maximum absolute atomic E-state index is 12.5. The molecule has 0 aromatic heterocycles. The predicted octanol–water partition coefficient (Wildman–Crippen LogP) is 0.606. The minimum Gasteiger partial charge on any atom is -0.358 e. The van der Waals surface area contributed by atoms with E-state index in [0.29, 0.717) is 37.7 Å². The van der Waals surface area contributed by atoms with Gasteiger partial charge >= 0.3 is 0 Å². The smallest absolute Gasteiger partial charge is 0.223 e. The first-order valence-electron chi connectivity index (χ1n) is 8.27. The molecule has 0 bridgehead atoms. The van der Waals surface area contributed by atoms with E-state index < -0.39 is 5.54 Å². The van der Waals surface area contributed by atoms with Gasteiger partial charge in [0.05, 0.1) is 12.6 Å². The van der Waals surface area contributed by atoms with E-state index in [-0.39, 0.29) is 23.7 Å². The first-order valence-corrected chi connectivity index (χ1v) is 8.27. The van der Waals surface area contributed by atoms with E-state index in [1.54, 1.807) is 0 Å². The Morgan fingerprint density at radius 3 is 2.77 bits per heavy atom. The fraction of sp³-hybridized carbons (Fsp3) is 0.812. The standard InChI is InChI=1S/C16H28N4O2/c1-4-13(21)16(8-11-5-6-18-15(11)22)9-19-14(20-16)12(17)7-10(2)3/h10-12H,4-9,17H2,1-3H3,(H,18,22)(H,19,20)/t11-,12-,16-/m0/s1. The molecule has 2 heterocycles. The molecule has 0 aliphatic carbocycles. The molecule has 2 aliphatic heterocycles. The minimum atomic E-state index is -0.745. The molecule has 0 aromatic carbocycles. The van der Waals surface area contributed by atoms with Crippen molar-refractivity contribution in [2.75, 3.05) is 13.1 Å². The molecule has 0 saturated carbocycles. The van der Waals surface area contributed by atoms with Crippen LogP contribution in [0.5, 0.6) is 0 Å². The molecular formula is C16H28N4O2. The second kappa shape index (κ2) is 6.77. The highest BCUT2D eigenvalue weighted by atomic mass is 16.2. The molecule has 4 N–H and O–H groups in total. The number of aliphatic imine (C=N–C) groups is 1. The molecule has 0 aromatic rings. The Balaban J connectivity index is 2.09. The van der Waals surface area contributed by atoms with Gasteiger partial charge in [-0.1, -0.05) is 20.8 Å². The zero-order valence-electron chi connectivity index (χ0n) is 13.8. The van der Waals surface area contributed by atoms with E-state index in [1.807, 2.05) is 6.92 Å². The number of amides is 1. The number of nitrogens with zero attached hydrogens (tertiary/aromatic N) is 1. The average molecular weight is 308 g/mol. The Morgan fingerprint density at radius 1 is 1.50 bits per heavy atom. The lowest BCUT2D eigenvalue weighted by atomic mass is 9.82. The van der Waals surface area contributed by atoms with Crippen molar-refractivity contribution in [3.63, 3.8) is 0 Å². The van der Waals surface area contributed by atoms with Crippen LogP contribution in [0.3, 0.4) is 0 Å². The molecule has 6 nitrogen and oxygen atoms in total. The Morgan fingerprint density at radius 2 is 2.23 bits per heavy atom. The monoisotopic (exact) mass is 308 g/mol. The molecule has 0 spiro atoms. The third-order valence-corrected chi connectivity index (χ3v) is 4.58. The highest BCUT2D eigenvalue weighted by molar-refractivity contribution is 5.99. The van der Waals surface area contributed by atoms with Crippen LogP contribution in [0, 0.1) is 11.8 Å². The van der Waals surface area contributed by atoms with Crippen molar-refractivity contribution in [2.24, 2.45) is 22.6 Å². The van der Waals surface area contributed by atoms with Gasteiger partial charge in [-0.3, -0.25) is 14.6 Å². The fourth-order valence-electron chi connectivity index (χ4n) is 3.36. The van der Waals surface area contributed by atoms with Crippen LogP contribution in [0.1, 0.15) is 46.5 Å². The van der Waals surface area contributed by atoms with E-state index in [4.69, 9.17) is 5.73 Å². The molecule has 0 unspecified atom stereocenters. The van der Waals surface area contributed by atoms with E-state index in [1.165, 1.54) is 0 Å². The van der Waals surface area contributed by atoms with Gasteiger partial charge in [0.1, 0.15) is 11.4 Å². The number of nitrogens with one attached hydrogen (secondary N) is 2. The topological polar surface area (TPSA) is 96.6 Å². The molecule has 1 fully saturated rings. The van der Waals surface area contributed by atoms with Crippen LogP contribution in [0.25, 0.3) is 0 Å². The molecule has 1 amide bonds. The number of carbonyl (C=O) groups excluding carboxylic acids is 2. The average Bonchev–Trinajstić information content (AvgIpc) is 3.06. The predicted molar refractivity (Wildman–Crippen MR) is 86.6 cm³/mol. The van der Waals surface area contributed by atoms with Crippen molar-refractivity contribution in [2.45, 2.75) is 58.0 Å². The molecule has 22 heavy (non-hydrogen) atoms. The second-order valence-corrected chi connectivity index (χ2v) is 6.90. The summed E-state index contributed by atoms with van der Waals surface area (Å²) in [6.45, 7) is 7.17. The van der Waals surface area contributed by atoms with Gasteiger partial charge in [0.2, 0.25) is 5.91 Å². The first kappa shape index (κ1) is 16.9. The lowest BCUT2D eigenvalue weighted by Crippen LogP contribution is -2.56. The summed E-state index contributed by atoms with van der Waals surface area (Å²) in [4.78, 5) is 28.9. The molecule has 1 saturated heterocycles. The number of ketones is 1. The summed E-state index contributed by atoms with van der Waals surface area (Å²) in [5.74, 6) is 1.23. The summed E-state index contributed by atoms with van der Waals surface area (Å²) in [6, 6.07) is -0.177. The van der Waals surface area contributed by atoms with E-state index in [9.17, 15) is 9.59 Å². The van der Waals surface area contributed by atoms with Crippen molar-refractivity contribution in [1.82, 2.24) is 10.6 Å². The zero-order valence-corrected chi connectivity index (χ0v) is 13.8. The van der Waals surface area contributed by atoms with Crippen LogP contribution >= 0.6 is 0 Å². The number of rotatable bonds is 7. The van der Waals surface area contributed by atoms with Gasteiger partial charge in [0.15, 0.2) is 5.78 Å². The summed E-state index contributed by atoms with van der Waals surface area (Å²) in [5, 5.41) is 6.14. The number of hydrogen-bond acceptors (Lipinski definition) is 5. The third-order valence-electron chi connectivity index (χ3n) is 4.58. The lowest BCUT2D eigenvalue weighted by Gasteiger charge is -2.31. The highest BCUT2D eigenvalue weighted by Crippen LogP contribution is 2.28. The Hall–Kier alpha value is -1.43. The summed E-state index contributed by atoms with van der Waals surface area (Å²) in [7, 11) is 0. The lowest BCUT2D eigenvalue weighted by molar-refractivity contribution is -0.126. The van der Waals surface area contributed by atoms with Gasteiger partial charge < -0.3 is 16.4 Å². The zero-order chi connectivity index (χ0) is 16.3. The number of hydrogen-bond donors (Lipinski definition) is 3. The molecule has 3 atom stereocenters. The highest BCUT2D eigenvalue weighted by Gasteiger charge is 2.45. The molecule has 0 radical (unpaired) electrons. The van der Waals surface area contributed by atoms with Crippen molar-refractivity contribution in [3.05, 3.63) is 0 Å². The molecule has 2 aliphatic rings. The van der Waals surface area contributed by atoms with Crippen LogP contribution in [0.4, 0.5) is 0 Å². The third kappa shape index (κ3) is 3.48. The Bertz CT molecular complexity index is 475. The number of carbonyl (C=O) groups is 2. The molecular weight excluding hydrogens is 280 g/mol. The summed E-state index contributed by atoms with van der Waals surface area (Å²) in [5.41, 5.74) is 5.45.